The van der Waals surface area contributed by atoms with Crippen LogP contribution in [0.1, 0.15) is 12.8 Å². The van der Waals surface area contributed by atoms with Crippen LogP contribution in [0, 0.1) is 5.82 Å². The van der Waals surface area contributed by atoms with Crippen LogP contribution in [0.25, 0.3) is 0 Å². The Morgan fingerprint density at radius 1 is 1.52 bits per heavy atom. The van der Waals surface area contributed by atoms with Crippen molar-refractivity contribution in [3.8, 4) is 0 Å². The summed E-state index contributed by atoms with van der Waals surface area (Å²) in [5.74, 6) is -2.13. The van der Waals surface area contributed by atoms with Crippen molar-refractivity contribution < 1.29 is 27.4 Å². The number of rotatable bonds is 5. The lowest BCUT2D eigenvalue weighted by Crippen LogP contribution is -2.50. The van der Waals surface area contributed by atoms with Gasteiger partial charge in [0.2, 0.25) is 10.0 Å². The molecule has 0 spiro atoms. The van der Waals surface area contributed by atoms with Crippen molar-refractivity contribution in [1.29, 1.82) is 0 Å². The SMILES string of the molecule is O=C(O)CC1(NS(=O)(=O)c2cc(Cl)ccc2F)CCOC1. The van der Waals surface area contributed by atoms with Crippen LogP contribution in [0.4, 0.5) is 4.39 Å². The number of carboxylic acid groups (broad SMARTS) is 1. The maximum absolute atomic E-state index is 13.7. The summed E-state index contributed by atoms with van der Waals surface area (Å²) in [7, 11) is -4.25. The monoisotopic (exact) mass is 337 g/mol. The van der Waals surface area contributed by atoms with E-state index in [0.29, 0.717) is 0 Å². The normalized spacial score (nSPS) is 22.4. The highest BCUT2D eigenvalue weighted by atomic mass is 35.5. The first-order valence-electron chi connectivity index (χ1n) is 6.03. The first-order valence-corrected chi connectivity index (χ1v) is 7.89. The molecule has 0 radical (unpaired) electrons. The van der Waals surface area contributed by atoms with Gasteiger partial charge in [-0.15, -0.1) is 0 Å². The molecule has 1 heterocycles. The fourth-order valence-electron chi connectivity index (χ4n) is 2.18. The topological polar surface area (TPSA) is 92.7 Å². The zero-order chi connectivity index (χ0) is 15.7. The molecule has 1 fully saturated rings. The molecule has 2 rings (SSSR count). The summed E-state index contributed by atoms with van der Waals surface area (Å²) in [5, 5.41) is 8.98. The molecule has 1 aromatic rings. The van der Waals surface area contributed by atoms with Crippen molar-refractivity contribution in [2.24, 2.45) is 0 Å². The van der Waals surface area contributed by atoms with E-state index < -0.39 is 38.7 Å². The van der Waals surface area contributed by atoms with Crippen LogP contribution in [-0.4, -0.2) is 38.2 Å². The van der Waals surface area contributed by atoms with Crippen LogP contribution >= 0.6 is 11.6 Å². The minimum absolute atomic E-state index is 0.0618. The highest BCUT2D eigenvalue weighted by Gasteiger charge is 2.41. The van der Waals surface area contributed by atoms with E-state index in [0.717, 1.165) is 12.1 Å². The van der Waals surface area contributed by atoms with Crippen LogP contribution in [0.15, 0.2) is 23.1 Å². The van der Waals surface area contributed by atoms with E-state index in [4.69, 9.17) is 21.4 Å². The maximum atomic E-state index is 13.7. The molecule has 6 nitrogen and oxygen atoms in total. The minimum Gasteiger partial charge on any atom is -0.481 e. The van der Waals surface area contributed by atoms with Crippen molar-refractivity contribution in [2.75, 3.05) is 13.2 Å². The lowest BCUT2D eigenvalue weighted by atomic mass is 9.96. The summed E-state index contributed by atoms with van der Waals surface area (Å²) in [6, 6.07) is 3.14. The first kappa shape index (κ1) is 16.2. The van der Waals surface area contributed by atoms with E-state index in [9.17, 15) is 17.6 Å². The van der Waals surface area contributed by atoms with Crippen LogP contribution in [0.5, 0.6) is 0 Å². The number of ether oxygens (including phenoxy) is 1. The molecular formula is C12H13ClFNO5S. The number of aliphatic carboxylic acids is 1. The molecule has 0 aliphatic carbocycles. The van der Waals surface area contributed by atoms with Crippen LogP contribution < -0.4 is 4.72 Å². The largest absolute Gasteiger partial charge is 0.481 e. The van der Waals surface area contributed by atoms with E-state index >= 15 is 0 Å². The Morgan fingerprint density at radius 3 is 2.81 bits per heavy atom. The summed E-state index contributed by atoms with van der Waals surface area (Å²) in [6.07, 6.45) is -0.255. The Hall–Kier alpha value is -1.22. The molecular weight excluding hydrogens is 325 g/mol. The number of hydrogen-bond donors (Lipinski definition) is 2. The van der Waals surface area contributed by atoms with Gasteiger partial charge in [-0.1, -0.05) is 11.6 Å². The molecule has 0 aromatic heterocycles. The molecule has 1 atom stereocenters. The zero-order valence-corrected chi connectivity index (χ0v) is 12.4. The number of sulfonamides is 1. The van der Waals surface area contributed by atoms with Crippen molar-refractivity contribution in [1.82, 2.24) is 4.72 Å². The van der Waals surface area contributed by atoms with Gasteiger partial charge in [-0.2, -0.15) is 0 Å². The number of carbonyl (C=O) groups is 1. The number of carboxylic acids is 1. The highest BCUT2D eigenvalue weighted by Crippen LogP contribution is 2.27. The molecule has 0 saturated carbocycles. The Balaban J connectivity index is 2.35. The number of nitrogens with one attached hydrogen (secondary N) is 1. The smallest absolute Gasteiger partial charge is 0.305 e. The summed E-state index contributed by atoms with van der Waals surface area (Å²) in [5.41, 5.74) is -1.28. The Labute approximate surface area is 125 Å². The van der Waals surface area contributed by atoms with E-state index in [-0.39, 0.29) is 24.7 Å². The third-order valence-corrected chi connectivity index (χ3v) is 4.96. The van der Waals surface area contributed by atoms with E-state index in [1.54, 1.807) is 0 Å². The summed E-state index contributed by atoms with van der Waals surface area (Å²) in [4.78, 5) is 10.3. The molecule has 1 aliphatic heterocycles. The molecule has 9 heteroatoms. The lowest BCUT2D eigenvalue weighted by molar-refractivity contribution is -0.138. The second kappa shape index (κ2) is 5.88. The summed E-state index contributed by atoms with van der Waals surface area (Å²) in [6.45, 7) is 0.147. The first-order chi connectivity index (χ1) is 9.74. The fraction of sp³-hybridized carbons (Fsp3) is 0.417. The van der Waals surface area contributed by atoms with Crippen molar-refractivity contribution in [3.63, 3.8) is 0 Å². The van der Waals surface area contributed by atoms with Gasteiger partial charge in [-0.25, -0.2) is 17.5 Å². The van der Waals surface area contributed by atoms with Gasteiger partial charge < -0.3 is 9.84 Å². The van der Waals surface area contributed by atoms with Crippen LogP contribution in [-0.2, 0) is 19.6 Å². The molecule has 1 aromatic carbocycles. The second-order valence-electron chi connectivity index (χ2n) is 4.83. The van der Waals surface area contributed by atoms with Gasteiger partial charge in [0.15, 0.2) is 0 Å². The molecule has 0 amide bonds. The Morgan fingerprint density at radius 2 is 2.24 bits per heavy atom. The molecule has 116 valence electrons. The third kappa shape index (κ3) is 3.70. The second-order valence-corrected chi connectivity index (χ2v) is 6.92. The fourth-order valence-corrected chi connectivity index (χ4v) is 3.93. The summed E-state index contributed by atoms with van der Waals surface area (Å²) >= 11 is 5.68. The predicted octanol–water partition coefficient (Wildman–Crippen LogP) is 1.39. The molecule has 21 heavy (non-hydrogen) atoms. The molecule has 2 N–H and O–H groups in total. The van der Waals surface area contributed by atoms with Gasteiger partial charge in [-0.3, -0.25) is 4.79 Å². The maximum Gasteiger partial charge on any atom is 0.305 e. The van der Waals surface area contributed by atoms with Crippen molar-refractivity contribution >= 4 is 27.6 Å². The van der Waals surface area contributed by atoms with Crippen LogP contribution in [0.3, 0.4) is 0 Å². The van der Waals surface area contributed by atoms with E-state index in [2.05, 4.69) is 4.72 Å². The van der Waals surface area contributed by atoms with Gasteiger partial charge in [0.05, 0.1) is 18.6 Å². The minimum atomic E-state index is -4.25. The van der Waals surface area contributed by atoms with Crippen molar-refractivity contribution in [3.05, 3.63) is 29.0 Å². The van der Waals surface area contributed by atoms with Gasteiger partial charge in [0.1, 0.15) is 10.7 Å². The number of halogens is 2. The zero-order valence-electron chi connectivity index (χ0n) is 10.8. The summed E-state index contributed by atoms with van der Waals surface area (Å²) < 4.78 is 45.6. The average molecular weight is 338 g/mol. The van der Waals surface area contributed by atoms with E-state index in [1.807, 2.05) is 0 Å². The lowest BCUT2D eigenvalue weighted by Gasteiger charge is -2.26. The Bertz CT molecular complexity index is 658. The Kier molecular flexibility index (Phi) is 4.52. The number of hydrogen-bond acceptors (Lipinski definition) is 4. The van der Waals surface area contributed by atoms with Gasteiger partial charge in [0.25, 0.3) is 0 Å². The average Bonchev–Trinajstić information content (AvgIpc) is 2.78. The predicted molar refractivity (Wildman–Crippen MR) is 72.2 cm³/mol. The standard InChI is InChI=1S/C12H13ClFNO5S/c13-8-1-2-9(14)10(5-8)21(18,19)15-12(6-11(16)17)3-4-20-7-12/h1-2,5,15H,3-4,6-7H2,(H,16,17). The van der Waals surface area contributed by atoms with E-state index in [1.165, 1.54) is 6.07 Å². The molecule has 1 aliphatic rings. The third-order valence-electron chi connectivity index (χ3n) is 3.13. The van der Waals surface area contributed by atoms with Gasteiger partial charge >= 0.3 is 5.97 Å². The number of benzene rings is 1. The molecule has 0 bridgehead atoms. The van der Waals surface area contributed by atoms with Crippen LogP contribution in [0.2, 0.25) is 5.02 Å². The quantitative estimate of drug-likeness (QED) is 0.847. The molecule has 1 saturated heterocycles. The van der Waals surface area contributed by atoms with Gasteiger partial charge in [-0.05, 0) is 24.6 Å². The van der Waals surface area contributed by atoms with Gasteiger partial charge in [0, 0.05) is 11.6 Å². The highest BCUT2D eigenvalue weighted by molar-refractivity contribution is 7.89. The molecule has 1 unspecified atom stereocenters. The van der Waals surface area contributed by atoms with Crippen molar-refractivity contribution in [2.45, 2.75) is 23.3 Å².